The van der Waals surface area contributed by atoms with E-state index in [1.165, 1.54) is 16.4 Å². The van der Waals surface area contributed by atoms with Crippen molar-refractivity contribution in [3.05, 3.63) is 39.9 Å². The maximum Gasteiger partial charge on any atom is 0.0769 e. The highest BCUT2D eigenvalue weighted by atomic mass is 35.5. The van der Waals surface area contributed by atoms with Gasteiger partial charge in [0.25, 0.3) is 0 Å². The first-order valence-electron chi connectivity index (χ1n) is 6.73. The van der Waals surface area contributed by atoms with Gasteiger partial charge >= 0.3 is 0 Å². The topological polar surface area (TPSA) is 32.3 Å². The van der Waals surface area contributed by atoms with Gasteiger partial charge in [-0.1, -0.05) is 28.2 Å². The van der Waals surface area contributed by atoms with Crippen LogP contribution >= 0.6 is 23.1 Å². The zero-order valence-corrected chi connectivity index (χ0v) is 13.0. The summed E-state index contributed by atoms with van der Waals surface area (Å²) < 4.78 is 4.00. The highest BCUT2D eigenvalue weighted by molar-refractivity contribution is 7.05. The van der Waals surface area contributed by atoms with E-state index < -0.39 is 0 Å². The van der Waals surface area contributed by atoms with Crippen LogP contribution in [0.1, 0.15) is 10.6 Å². The molecule has 0 N–H and O–H groups in total. The Morgan fingerprint density at radius 1 is 1.20 bits per heavy atom. The van der Waals surface area contributed by atoms with Gasteiger partial charge in [-0.2, -0.15) is 0 Å². The third kappa shape index (κ3) is 2.95. The Hall–Kier alpha value is -1.17. The van der Waals surface area contributed by atoms with E-state index in [1.54, 1.807) is 0 Å². The zero-order valence-electron chi connectivity index (χ0n) is 11.4. The van der Waals surface area contributed by atoms with Crippen LogP contribution in [0.5, 0.6) is 0 Å². The van der Waals surface area contributed by atoms with E-state index in [4.69, 9.17) is 11.6 Å². The molecule has 1 saturated heterocycles. The Morgan fingerprint density at radius 2 is 1.95 bits per heavy atom. The third-order valence-corrected chi connectivity index (χ3v) is 4.81. The number of piperazine rings is 1. The molecule has 2 aromatic rings. The van der Waals surface area contributed by atoms with Crippen LogP contribution in [0.25, 0.3) is 0 Å². The summed E-state index contributed by atoms with van der Waals surface area (Å²) >= 11 is 7.77. The predicted molar refractivity (Wildman–Crippen MR) is 83.6 cm³/mol. The van der Waals surface area contributed by atoms with Crippen LogP contribution in [-0.2, 0) is 6.54 Å². The smallest absolute Gasteiger partial charge is 0.0769 e. The lowest BCUT2D eigenvalue weighted by molar-refractivity contribution is 0.251. The largest absolute Gasteiger partial charge is 0.368 e. The van der Waals surface area contributed by atoms with Crippen molar-refractivity contribution in [2.24, 2.45) is 0 Å². The summed E-state index contributed by atoms with van der Waals surface area (Å²) in [6.45, 7) is 7.09. The molecule has 0 bridgehead atoms. The van der Waals surface area contributed by atoms with Gasteiger partial charge < -0.3 is 4.90 Å². The Balaban J connectivity index is 1.60. The molecule has 0 spiro atoms. The lowest BCUT2D eigenvalue weighted by Crippen LogP contribution is -2.46. The minimum atomic E-state index is 0.837. The Bertz CT molecular complexity index is 578. The summed E-state index contributed by atoms with van der Waals surface area (Å²) in [4.78, 5) is 6.09. The number of para-hydroxylation sites is 1. The second kappa shape index (κ2) is 6.08. The maximum absolute atomic E-state index is 6.26. The van der Waals surface area contributed by atoms with Crippen molar-refractivity contribution in [3.8, 4) is 0 Å². The quantitative estimate of drug-likeness (QED) is 0.873. The third-order valence-electron chi connectivity index (χ3n) is 3.68. The standard InChI is InChI=1S/C14H17ClN4S/c1-11-14(20-17-16-11)10-18-6-8-19(9-7-18)13-5-3-2-4-12(13)15/h2-5H,6-10H2,1H3. The SMILES string of the molecule is Cc1nnsc1CN1CCN(c2ccccc2Cl)CC1. The van der Waals surface area contributed by atoms with Gasteiger partial charge in [-0.3, -0.25) is 4.90 Å². The highest BCUT2D eigenvalue weighted by Gasteiger charge is 2.19. The molecule has 0 atom stereocenters. The van der Waals surface area contributed by atoms with E-state index in [0.29, 0.717) is 0 Å². The molecule has 1 aromatic carbocycles. The molecular formula is C14H17ClN4S. The first-order chi connectivity index (χ1) is 9.74. The van der Waals surface area contributed by atoms with Gasteiger partial charge in [-0.15, -0.1) is 5.10 Å². The fraction of sp³-hybridized carbons (Fsp3) is 0.429. The number of nitrogens with zero attached hydrogens (tertiary/aromatic N) is 4. The molecule has 4 nitrogen and oxygen atoms in total. The Labute approximate surface area is 128 Å². The summed E-state index contributed by atoms with van der Waals surface area (Å²) in [6, 6.07) is 8.06. The molecule has 0 radical (unpaired) electrons. The van der Waals surface area contributed by atoms with E-state index in [-0.39, 0.29) is 0 Å². The molecule has 0 aliphatic carbocycles. The first-order valence-corrected chi connectivity index (χ1v) is 7.89. The summed E-state index contributed by atoms with van der Waals surface area (Å²) in [7, 11) is 0. The van der Waals surface area contributed by atoms with Crippen molar-refractivity contribution in [2.75, 3.05) is 31.1 Å². The number of hydrogen-bond acceptors (Lipinski definition) is 5. The van der Waals surface area contributed by atoms with Gasteiger partial charge in [-0.25, -0.2) is 0 Å². The number of aromatic nitrogens is 2. The summed E-state index contributed by atoms with van der Waals surface area (Å²) in [5.41, 5.74) is 2.20. The van der Waals surface area contributed by atoms with Crippen molar-refractivity contribution in [1.82, 2.24) is 14.5 Å². The van der Waals surface area contributed by atoms with Crippen molar-refractivity contribution < 1.29 is 0 Å². The molecule has 0 unspecified atom stereocenters. The maximum atomic E-state index is 6.26. The number of halogens is 1. The van der Waals surface area contributed by atoms with Gasteiger partial charge in [0.1, 0.15) is 0 Å². The van der Waals surface area contributed by atoms with Crippen LogP contribution in [0, 0.1) is 6.92 Å². The van der Waals surface area contributed by atoms with E-state index in [2.05, 4.69) is 25.5 Å². The van der Waals surface area contributed by atoms with E-state index in [9.17, 15) is 0 Å². The zero-order chi connectivity index (χ0) is 13.9. The molecule has 2 heterocycles. The molecule has 106 valence electrons. The molecular weight excluding hydrogens is 292 g/mol. The number of aryl methyl sites for hydroxylation is 1. The van der Waals surface area contributed by atoms with E-state index >= 15 is 0 Å². The second-order valence-corrected chi connectivity index (χ2v) is 6.24. The van der Waals surface area contributed by atoms with Gasteiger partial charge in [0.15, 0.2) is 0 Å². The van der Waals surface area contributed by atoms with Gasteiger partial charge in [-0.05, 0) is 30.6 Å². The molecule has 1 aromatic heterocycles. The molecule has 1 aliphatic rings. The van der Waals surface area contributed by atoms with Crippen molar-refractivity contribution in [3.63, 3.8) is 0 Å². The van der Waals surface area contributed by atoms with Gasteiger partial charge in [0.05, 0.1) is 21.3 Å². The predicted octanol–water partition coefficient (Wildman–Crippen LogP) is 2.82. The number of anilines is 1. The fourth-order valence-corrected chi connectivity index (χ4v) is 3.38. The highest BCUT2D eigenvalue weighted by Crippen LogP contribution is 2.26. The van der Waals surface area contributed by atoms with Gasteiger partial charge in [0.2, 0.25) is 0 Å². The summed E-state index contributed by atoms with van der Waals surface area (Å²) in [5.74, 6) is 0. The van der Waals surface area contributed by atoms with Crippen molar-refractivity contribution in [2.45, 2.75) is 13.5 Å². The van der Waals surface area contributed by atoms with Crippen LogP contribution in [0.3, 0.4) is 0 Å². The average Bonchev–Trinajstić information content (AvgIpc) is 2.86. The fourth-order valence-electron chi connectivity index (χ4n) is 2.45. The Kier molecular flexibility index (Phi) is 4.19. The van der Waals surface area contributed by atoms with Crippen molar-refractivity contribution >= 4 is 28.8 Å². The van der Waals surface area contributed by atoms with Gasteiger partial charge in [0, 0.05) is 32.7 Å². The molecule has 1 aliphatic heterocycles. The minimum absolute atomic E-state index is 0.837. The second-order valence-electron chi connectivity index (χ2n) is 5.00. The lowest BCUT2D eigenvalue weighted by Gasteiger charge is -2.36. The molecule has 6 heteroatoms. The molecule has 0 saturated carbocycles. The van der Waals surface area contributed by atoms with Crippen LogP contribution < -0.4 is 4.90 Å². The van der Waals surface area contributed by atoms with Crippen molar-refractivity contribution in [1.29, 1.82) is 0 Å². The van der Waals surface area contributed by atoms with Crippen LogP contribution in [-0.4, -0.2) is 40.7 Å². The van der Waals surface area contributed by atoms with Crippen LogP contribution in [0.15, 0.2) is 24.3 Å². The summed E-state index contributed by atoms with van der Waals surface area (Å²) in [5, 5.41) is 4.91. The first kappa shape index (κ1) is 13.8. The number of benzene rings is 1. The Morgan fingerprint density at radius 3 is 2.60 bits per heavy atom. The number of hydrogen-bond donors (Lipinski definition) is 0. The molecule has 1 fully saturated rings. The van der Waals surface area contributed by atoms with Crippen LogP contribution in [0.4, 0.5) is 5.69 Å². The lowest BCUT2D eigenvalue weighted by atomic mass is 10.2. The normalized spacial score (nSPS) is 16.6. The summed E-state index contributed by atoms with van der Waals surface area (Å²) in [6.07, 6.45) is 0. The van der Waals surface area contributed by atoms with E-state index in [0.717, 1.165) is 49.1 Å². The monoisotopic (exact) mass is 308 g/mol. The molecule has 3 rings (SSSR count). The average molecular weight is 309 g/mol. The number of rotatable bonds is 3. The molecule has 20 heavy (non-hydrogen) atoms. The molecule has 0 amide bonds. The minimum Gasteiger partial charge on any atom is -0.368 e. The van der Waals surface area contributed by atoms with Crippen LogP contribution in [0.2, 0.25) is 5.02 Å². The van der Waals surface area contributed by atoms with E-state index in [1.807, 2.05) is 25.1 Å².